The van der Waals surface area contributed by atoms with Gasteiger partial charge in [-0.25, -0.2) is 0 Å². The van der Waals surface area contributed by atoms with Crippen molar-refractivity contribution in [3.05, 3.63) is 95.6 Å². The predicted octanol–water partition coefficient (Wildman–Crippen LogP) is 5.94. The minimum atomic E-state index is -4.47. The number of methoxy groups -OCH3 is 1. The molecule has 3 aromatic rings. The van der Waals surface area contributed by atoms with E-state index in [0.717, 1.165) is 17.7 Å². The molecule has 160 valence electrons. The Hall–Kier alpha value is -3.74. The van der Waals surface area contributed by atoms with Crippen LogP contribution in [0.5, 0.6) is 11.5 Å². The summed E-state index contributed by atoms with van der Waals surface area (Å²) in [6, 6.07) is 19.3. The molecule has 0 fully saturated rings. The van der Waals surface area contributed by atoms with Crippen LogP contribution < -0.4 is 14.8 Å². The molecular weight excluding hydrogens is 407 g/mol. The number of rotatable bonds is 7. The molecular formula is C24H20F3NO3. The molecule has 1 N–H and O–H groups in total. The Kier molecular flexibility index (Phi) is 6.97. The van der Waals surface area contributed by atoms with E-state index < -0.39 is 17.6 Å². The molecule has 0 aliphatic carbocycles. The molecule has 0 saturated carbocycles. The van der Waals surface area contributed by atoms with Gasteiger partial charge in [0, 0.05) is 11.8 Å². The molecule has 3 rings (SSSR count). The molecule has 7 heteroatoms. The van der Waals surface area contributed by atoms with E-state index in [9.17, 15) is 18.0 Å². The fourth-order valence-corrected chi connectivity index (χ4v) is 2.77. The predicted molar refractivity (Wildman–Crippen MR) is 113 cm³/mol. The van der Waals surface area contributed by atoms with Gasteiger partial charge in [-0.05, 0) is 47.5 Å². The summed E-state index contributed by atoms with van der Waals surface area (Å²) in [5.74, 6) is 0.496. The fraction of sp³-hybridized carbons (Fsp3) is 0.125. The third kappa shape index (κ3) is 6.37. The smallest absolute Gasteiger partial charge is 0.416 e. The molecule has 0 saturated heterocycles. The highest BCUT2D eigenvalue weighted by Crippen LogP contribution is 2.31. The zero-order valence-corrected chi connectivity index (χ0v) is 16.6. The molecule has 31 heavy (non-hydrogen) atoms. The Bertz CT molecular complexity index is 1060. The van der Waals surface area contributed by atoms with Gasteiger partial charge in [0.05, 0.1) is 12.7 Å². The van der Waals surface area contributed by atoms with Gasteiger partial charge in [0.15, 0.2) is 11.5 Å². The van der Waals surface area contributed by atoms with Crippen LogP contribution in [-0.2, 0) is 17.6 Å². The Morgan fingerprint density at radius 1 is 0.968 bits per heavy atom. The summed E-state index contributed by atoms with van der Waals surface area (Å²) in [6.07, 6.45) is -1.70. The number of halogens is 3. The SMILES string of the molecule is COc1cc(C=CC(=O)Nc2cccc(C(F)(F)F)c2)ccc1OCc1ccccc1. The maximum absolute atomic E-state index is 12.8. The van der Waals surface area contributed by atoms with Crippen LogP contribution >= 0.6 is 0 Å². The average molecular weight is 427 g/mol. The first kappa shape index (κ1) is 22.0. The van der Waals surface area contributed by atoms with E-state index in [2.05, 4.69) is 5.32 Å². The van der Waals surface area contributed by atoms with Crippen molar-refractivity contribution < 1.29 is 27.4 Å². The first-order chi connectivity index (χ1) is 14.8. The largest absolute Gasteiger partial charge is 0.493 e. The van der Waals surface area contributed by atoms with Crippen molar-refractivity contribution in [2.24, 2.45) is 0 Å². The normalized spacial score (nSPS) is 11.4. The van der Waals surface area contributed by atoms with Crippen molar-refractivity contribution in [1.29, 1.82) is 0 Å². The van der Waals surface area contributed by atoms with Crippen LogP contribution in [0, 0.1) is 0 Å². The second-order valence-electron chi connectivity index (χ2n) is 6.59. The highest BCUT2D eigenvalue weighted by Gasteiger charge is 2.30. The molecule has 0 heterocycles. The van der Waals surface area contributed by atoms with Crippen LogP contribution in [0.25, 0.3) is 6.08 Å². The maximum Gasteiger partial charge on any atom is 0.416 e. The highest BCUT2D eigenvalue weighted by atomic mass is 19.4. The Balaban J connectivity index is 1.64. The molecule has 0 atom stereocenters. The number of nitrogens with one attached hydrogen (secondary N) is 1. The number of benzene rings is 3. The van der Waals surface area contributed by atoms with Gasteiger partial charge < -0.3 is 14.8 Å². The van der Waals surface area contributed by atoms with Gasteiger partial charge >= 0.3 is 6.18 Å². The summed E-state index contributed by atoms with van der Waals surface area (Å²) in [6.45, 7) is 0.381. The molecule has 0 bridgehead atoms. The summed E-state index contributed by atoms with van der Waals surface area (Å²) in [4.78, 5) is 12.1. The molecule has 0 spiro atoms. The average Bonchev–Trinajstić information content (AvgIpc) is 2.77. The zero-order valence-electron chi connectivity index (χ0n) is 16.6. The van der Waals surface area contributed by atoms with Crippen molar-refractivity contribution in [1.82, 2.24) is 0 Å². The van der Waals surface area contributed by atoms with Gasteiger partial charge in [-0.15, -0.1) is 0 Å². The molecule has 0 aromatic heterocycles. The van der Waals surface area contributed by atoms with Crippen molar-refractivity contribution in [2.75, 3.05) is 12.4 Å². The highest BCUT2D eigenvalue weighted by molar-refractivity contribution is 6.02. The van der Waals surface area contributed by atoms with E-state index in [0.29, 0.717) is 23.7 Å². The van der Waals surface area contributed by atoms with E-state index in [-0.39, 0.29) is 5.69 Å². The van der Waals surface area contributed by atoms with Gasteiger partial charge in [0.2, 0.25) is 5.91 Å². The van der Waals surface area contributed by atoms with Crippen LogP contribution in [0.2, 0.25) is 0 Å². The minimum absolute atomic E-state index is 0.0618. The topological polar surface area (TPSA) is 47.6 Å². The van der Waals surface area contributed by atoms with Crippen LogP contribution in [0.4, 0.5) is 18.9 Å². The molecule has 0 aliphatic rings. The maximum atomic E-state index is 12.8. The number of amides is 1. The van der Waals surface area contributed by atoms with Gasteiger partial charge in [0.25, 0.3) is 0 Å². The van der Waals surface area contributed by atoms with E-state index in [4.69, 9.17) is 9.47 Å². The lowest BCUT2D eigenvalue weighted by Gasteiger charge is -2.11. The summed E-state index contributed by atoms with van der Waals surface area (Å²) in [7, 11) is 1.51. The number of carbonyl (C=O) groups is 1. The Morgan fingerprint density at radius 2 is 1.74 bits per heavy atom. The summed E-state index contributed by atoms with van der Waals surface area (Å²) in [5.41, 5.74) is 0.916. The Labute approximate surface area is 177 Å². The number of anilines is 1. The van der Waals surface area contributed by atoms with E-state index in [1.165, 1.54) is 31.4 Å². The van der Waals surface area contributed by atoms with E-state index in [1.54, 1.807) is 18.2 Å². The second-order valence-corrected chi connectivity index (χ2v) is 6.59. The van der Waals surface area contributed by atoms with Crippen LogP contribution in [0.15, 0.2) is 78.9 Å². The zero-order chi connectivity index (χ0) is 22.3. The number of alkyl halides is 3. The summed E-state index contributed by atoms with van der Waals surface area (Å²) >= 11 is 0. The van der Waals surface area contributed by atoms with Crippen molar-refractivity contribution in [3.63, 3.8) is 0 Å². The molecule has 4 nitrogen and oxygen atoms in total. The minimum Gasteiger partial charge on any atom is -0.493 e. The quantitative estimate of drug-likeness (QED) is 0.475. The lowest BCUT2D eigenvalue weighted by atomic mass is 10.1. The van der Waals surface area contributed by atoms with Crippen LogP contribution in [0.1, 0.15) is 16.7 Å². The molecule has 0 unspecified atom stereocenters. The molecule has 1 amide bonds. The summed E-state index contributed by atoms with van der Waals surface area (Å²) < 4.78 is 49.5. The van der Waals surface area contributed by atoms with Crippen molar-refractivity contribution in [3.8, 4) is 11.5 Å². The Morgan fingerprint density at radius 3 is 2.45 bits per heavy atom. The van der Waals surface area contributed by atoms with Crippen LogP contribution in [0.3, 0.4) is 0 Å². The van der Waals surface area contributed by atoms with E-state index in [1.807, 2.05) is 30.3 Å². The third-order valence-electron chi connectivity index (χ3n) is 4.31. The number of carbonyl (C=O) groups excluding carboxylic acids is 1. The standard InChI is InChI=1S/C24H20F3NO3/c1-30-22-14-17(10-12-21(22)31-16-18-6-3-2-4-7-18)11-13-23(29)28-20-9-5-8-19(15-20)24(25,26)27/h2-15H,16H2,1H3,(H,28,29). The number of ether oxygens (including phenoxy) is 2. The van der Waals surface area contributed by atoms with Gasteiger partial charge in [0.1, 0.15) is 6.61 Å². The van der Waals surface area contributed by atoms with Crippen molar-refractivity contribution in [2.45, 2.75) is 12.8 Å². The van der Waals surface area contributed by atoms with Crippen molar-refractivity contribution >= 4 is 17.7 Å². The first-order valence-corrected chi connectivity index (χ1v) is 9.36. The van der Waals surface area contributed by atoms with Gasteiger partial charge in [-0.2, -0.15) is 13.2 Å². The van der Waals surface area contributed by atoms with Gasteiger partial charge in [-0.1, -0.05) is 42.5 Å². The first-order valence-electron chi connectivity index (χ1n) is 9.36. The monoisotopic (exact) mass is 427 g/mol. The number of hydrogen-bond acceptors (Lipinski definition) is 3. The van der Waals surface area contributed by atoms with Gasteiger partial charge in [-0.3, -0.25) is 4.79 Å². The molecule has 0 aliphatic heterocycles. The molecule has 0 radical (unpaired) electrons. The van der Waals surface area contributed by atoms with Crippen LogP contribution in [-0.4, -0.2) is 13.0 Å². The fourth-order valence-electron chi connectivity index (χ4n) is 2.77. The van der Waals surface area contributed by atoms with E-state index >= 15 is 0 Å². The summed E-state index contributed by atoms with van der Waals surface area (Å²) in [5, 5.41) is 2.42. The number of hydrogen-bond donors (Lipinski definition) is 1. The third-order valence-corrected chi connectivity index (χ3v) is 4.31. The lowest BCUT2D eigenvalue weighted by molar-refractivity contribution is -0.137. The molecule has 3 aromatic carbocycles. The lowest BCUT2D eigenvalue weighted by Crippen LogP contribution is -2.10. The second kappa shape index (κ2) is 9.84.